The van der Waals surface area contributed by atoms with E-state index in [0.717, 1.165) is 54.9 Å². The van der Waals surface area contributed by atoms with Crippen LogP contribution < -0.4 is 24.8 Å². The van der Waals surface area contributed by atoms with E-state index in [1.807, 2.05) is 30.3 Å². The summed E-state index contributed by atoms with van der Waals surface area (Å²) >= 11 is 0.729. The largest absolute Gasteiger partial charge is 1.00 e. The van der Waals surface area contributed by atoms with Gasteiger partial charge in [0.25, 0.3) is 0 Å². The molecular weight excluding hydrogens is 817 g/mol. The van der Waals surface area contributed by atoms with E-state index in [0.29, 0.717) is 3.21 Å². The Morgan fingerprint density at radius 1 is 0.648 bits per heavy atom. The first kappa shape index (κ1) is 43.4. The second-order valence-corrected chi connectivity index (χ2v) is 15.9. The molecule has 0 spiro atoms. The van der Waals surface area contributed by atoms with E-state index in [-0.39, 0.29) is 46.8 Å². The number of rotatable bonds is 2. The zero-order chi connectivity index (χ0) is 37.8. The van der Waals surface area contributed by atoms with E-state index in [9.17, 15) is 26.3 Å². The van der Waals surface area contributed by atoms with Crippen LogP contribution in [0.15, 0.2) is 109 Å². The summed E-state index contributed by atoms with van der Waals surface area (Å²) in [6.45, 7) is 13.7. The zero-order valence-electron chi connectivity index (χ0n) is 30.6. The first-order chi connectivity index (χ1) is 24.3. The number of hydrogen-bond acceptors (Lipinski definition) is 0. The van der Waals surface area contributed by atoms with Gasteiger partial charge in [-0.2, -0.15) is 23.8 Å². The van der Waals surface area contributed by atoms with Crippen LogP contribution in [0.3, 0.4) is 0 Å². The van der Waals surface area contributed by atoms with Crippen molar-refractivity contribution in [3.8, 4) is 11.1 Å². The molecule has 0 unspecified atom stereocenters. The fraction of sp³-hybridized carbons (Fsp3) is 0.244. The van der Waals surface area contributed by atoms with E-state index in [4.69, 9.17) is 0 Å². The molecule has 0 saturated heterocycles. The van der Waals surface area contributed by atoms with Crippen LogP contribution in [0, 0.1) is 6.08 Å². The second kappa shape index (κ2) is 16.0. The molecule has 5 aromatic rings. The van der Waals surface area contributed by atoms with Crippen LogP contribution in [0.2, 0.25) is 0 Å². The van der Waals surface area contributed by atoms with Gasteiger partial charge in [0, 0.05) is 5.41 Å². The molecule has 0 nitrogen and oxygen atoms in total. The molecule has 0 aromatic heterocycles. The Labute approximate surface area is 340 Å². The molecule has 0 heterocycles. The quantitative estimate of drug-likeness (QED) is 0.135. The van der Waals surface area contributed by atoms with Gasteiger partial charge in [-0.1, -0.05) is 58.2 Å². The van der Waals surface area contributed by atoms with Crippen LogP contribution in [0.5, 0.6) is 0 Å². The van der Waals surface area contributed by atoms with Gasteiger partial charge < -0.3 is 24.8 Å². The number of fused-ring (bicyclic) bond motifs is 5. The Balaban J connectivity index is 0.000000208. The molecule has 280 valence electrons. The van der Waals surface area contributed by atoms with E-state index >= 15 is 0 Å². The molecule has 0 amide bonds. The number of halogens is 8. The predicted octanol–water partition coefficient (Wildman–Crippen LogP) is 6.70. The number of hydrogen-bond donors (Lipinski definition) is 0. The third kappa shape index (κ3) is 8.85. The number of allylic oxidation sites excluding steroid dienone is 4. The van der Waals surface area contributed by atoms with Gasteiger partial charge >= 0.3 is 137 Å². The molecule has 0 fully saturated rings. The van der Waals surface area contributed by atoms with Crippen LogP contribution >= 0.6 is 0 Å². The van der Waals surface area contributed by atoms with Gasteiger partial charge in [0.1, 0.15) is 0 Å². The number of benzene rings is 4. The van der Waals surface area contributed by atoms with Gasteiger partial charge in [0.15, 0.2) is 0 Å². The molecule has 0 radical (unpaired) electrons. The van der Waals surface area contributed by atoms with Crippen molar-refractivity contribution in [2.45, 2.75) is 71.1 Å². The van der Waals surface area contributed by atoms with Crippen molar-refractivity contribution in [2.24, 2.45) is 0 Å². The molecule has 0 N–H and O–H groups in total. The molecular formula is C45H38Cl2F6Zr-2. The van der Waals surface area contributed by atoms with E-state index < -0.39 is 23.5 Å². The van der Waals surface area contributed by atoms with Gasteiger partial charge in [0.2, 0.25) is 0 Å². The molecule has 3 aliphatic rings. The third-order valence-electron chi connectivity index (χ3n) is 9.94. The smallest absolute Gasteiger partial charge is 0.172 e. The molecule has 0 aliphatic heterocycles. The Bertz CT molecular complexity index is 2080. The van der Waals surface area contributed by atoms with Crippen molar-refractivity contribution in [3.63, 3.8) is 0 Å². The van der Waals surface area contributed by atoms with Crippen LogP contribution in [0.4, 0.5) is 26.3 Å². The summed E-state index contributed by atoms with van der Waals surface area (Å²) in [4.78, 5) is 0. The van der Waals surface area contributed by atoms with Crippen molar-refractivity contribution in [2.75, 3.05) is 0 Å². The summed E-state index contributed by atoms with van der Waals surface area (Å²) < 4.78 is 76.7. The molecule has 3 aliphatic carbocycles. The summed E-state index contributed by atoms with van der Waals surface area (Å²) in [6, 6.07) is 29.0. The Kier molecular flexibility index (Phi) is 12.8. The zero-order valence-corrected chi connectivity index (χ0v) is 34.6. The molecule has 54 heavy (non-hydrogen) atoms. The van der Waals surface area contributed by atoms with Crippen molar-refractivity contribution in [1.29, 1.82) is 0 Å². The SMILES string of the molecule is CC1=[C-]C(C)(C)c2cc3c(cc21)-c1cc2c(cc1C3)C(C)(C)C=C2C.FC(F)(F)c1cccc([C](=[Zr+2])c2cccc(C(F)(F)F)c2)c1.[Cl-].[Cl-].c1cc[cH-]c1. The molecule has 8 rings (SSSR count). The van der Waals surface area contributed by atoms with Crippen LogP contribution in [-0.2, 0) is 53.8 Å². The van der Waals surface area contributed by atoms with Crippen LogP contribution in [0.1, 0.15) is 97.2 Å². The second-order valence-electron chi connectivity index (χ2n) is 14.7. The molecule has 0 atom stereocenters. The van der Waals surface area contributed by atoms with E-state index in [1.165, 1.54) is 79.9 Å². The molecule has 9 heteroatoms. The minimum Gasteiger partial charge on any atom is -1.00 e. The fourth-order valence-corrected chi connectivity index (χ4v) is 8.23. The van der Waals surface area contributed by atoms with Crippen molar-refractivity contribution in [3.05, 3.63) is 171 Å². The molecule has 0 saturated carbocycles. The van der Waals surface area contributed by atoms with Gasteiger partial charge in [-0.05, 0) is 58.4 Å². The predicted molar refractivity (Wildman–Crippen MR) is 195 cm³/mol. The molecule has 5 aromatic carbocycles. The average Bonchev–Trinajstić information content (AvgIpc) is 3.85. The van der Waals surface area contributed by atoms with Gasteiger partial charge in [0.05, 0.1) is 0 Å². The van der Waals surface area contributed by atoms with Crippen molar-refractivity contribution in [1.82, 2.24) is 0 Å². The maximum atomic E-state index is 12.7. The third-order valence-corrected chi connectivity index (χ3v) is 11.4. The minimum atomic E-state index is -4.49. The minimum absolute atomic E-state index is 0. The van der Waals surface area contributed by atoms with Gasteiger partial charge in [-0.3, -0.25) is 6.08 Å². The topological polar surface area (TPSA) is 0 Å². The Morgan fingerprint density at radius 3 is 1.59 bits per heavy atom. The summed E-state index contributed by atoms with van der Waals surface area (Å²) in [6.07, 6.45) is -1.84. The van der Waals surface area contributed by atoms with Crippen LogP contribution in [-0.4, -0.2) is 3.21 Å². The summed E-state index contributed by atoms with van der Waals surface area (Å²) in [5.41, 5.74) is 13.4. The summed E-state index contributed by atoms with van der Waals surface area (Å²) in [5.74, 6) is 0. The van der Waals surface area contributed by atoms with Crippen LogP contribution in [0.25, 0.3) is 22.3 Å². The first-order valence-corrected chi connectivity index (χ1v) is 18.3. The van der Waals surface area contributed by atoms with E-state index in [2.05, 4.69) is 78.0 Å². The van der Waals surface area contributed by atoms with Crippen molar-refractivity contribution >= 4 is 14.4 Å². The summed E-state index contributed by atoms with van der Waals surface area (Å²) in [5, 5.41) is 0. The number of alkyl halides is 6. The maximum absolute atomic E-state index is 12.7. The maximum Gasteiger partial charge on any atom is -0.172 e. The van der Waals surface area contributed by atoms with Gasteiger partial charge in [-0.25, -0.2) is 17.7 Å². The summed E-state index contributed by atoms with van der Waals surface area (Å²) in [7, 11) is 0. The Morgan fingerprint density at radius 2 is 1.13 bits per heavy atom. The normalized spacial score (nSPS) is 15.3. The monoisotopic (exact) mass is 852 g/mol. The average molecular weight is 855 g/mol. The van der Waals surface area contributed by atoms with Gasteiger partial charge in [-0.15, -0.1) is 11.6 Å². The standard InChI is InChI=1S/C25H25.C15H8F6.C5H5.2ClH.Zr/c1-14-12-24(3,4)22-8-16-7-17-9-23-19(15(2)13-25(23,5)6)11-21(17)20(16)10-18(14)22;16-14(17,18)12-5-1-3-10(8-12)7-11-4-2-6-13(9-11)15(19,20)21;1-2-4-5-3-1;;;/h8-12H,7H2,1-6H3;1-6,8-9H;1-5H;2*1H;/q-1;;-1;;;+2/p-2. The molecule has 0 bridgehead atoms. The van der Waals surface area contributed by atoms with E-state index in [1.54, 1.807) is 0 Å². The fourth-order valence-electron chi connectivity index (χ4n) is 7.46. The first-order valence-electron chi connectivity index (χ1n) is 17.0. The van der Waals surface area contributed by atoms with Crippen molar-refractivity contribution < 1.29 is 75.4 Å². The Hall–Kier alpha value is -3.38.